The van der Waals surface area contributed by atoms with Crippen LogP contribution in [0.3, 0.4) is 0 Å². The van der Waals surface area contributed by atoms with Crippen LogP contribution in [0, 0.1) is 0 Å². The van der Waals surface area contributed by atoms with Crippen molar-refractivity contribution in [3.63, 3.8) is 0 Å². The zero-order chi connectivity index (χ0) is 21.7. The summed E-state index contributed by atoms with van der Waals surface area (Å²) in [5.41, 5.74) is 1.51. The molecular formula is C29H47Cl. The van der Waals surface area contributed by atoms with Crippen molar-refractivity contribution in [3.05, 3.63) is 59.7 Å². The number of allylic oxidation sites excluding steroid dienone is 3. The predicted molar refractivity (Wildman–Crippen MR) is 137 cm³/mol. The lowest BCUT2D eigenvalue weighted by molar-refractivity contribution is 0.516. The second-order valence-electron chi connectivity index (χ2n) is 8.84. The van der Waals surface area contributed by atoms with E-state index in [0.29, 0.717) is 5.92 Å². The molecule has 0 heterocycles. The Labute approximate surface area is 193 Å². The third-order valence-corrected chi connectivity index (χ3v) is 6.47. The van der Waals surface area contributed by atoms with Crippen LogP contribution in [0.15, 0.2) is 54.1 Å². The van der Waals surface area contributed by atoms with Crippen LogP contribution in [-0.2, 0) is 0 Å². The Hall–Kier alpha value is -1.01. The largest absolute Gasteiger partial charge is 0.103 e. The Morgan fingerprint density at radius 3 is 2.13 bits per heavy atom. The fourth-order valence-corrected chi connectivity index (χ4v) is 4.45. The molecule has 0 aliphatic carbocycles. The van der Waals surface area contributed by atoms with Crippen LogP contribution < -0.4 is 0 Å². The standard InChI is InChI=1S/C29H47Cl/c1-3-5-7-8-9-10-11-19-25-29(30)26-20-13-12-16-22-27(21-15-6-4-2)28-23-17-14-18-24-28/h4,14,17-18,23-24,26-27H,2-3,5-13,15-16,19-22,25H2,1H3. The maximum Gasteiger partial charge on any atom is 0.0141 e. The molecular weight excluding hydrogens is 384 g/mol. The Kier molecular flexibility index (Phi) is 17.9. The van der Waals surface area contributed by atoms with Crippen LogP contribution in [0.1, 0.15) is 128 Å². The number of benzene rings is 1. The first-order valence-corrected chi connectivity index (χ1v) is 13.2. The minimum absolute atomic E-state index is 0.701. The Bertz CT molecular complexity index is 531. The zero-order valence-corrected chi connectivity index (χ0v) is 20.5. The molecule has 0 nitrogen and oxygen atoms in total. The second-order valence-corrected chi connectivity index (χ2v) is 9.33. The van der Waals surface area contributed by atoms with E-state index in [2.05, 4.69) is 49.9 Å². The number of unbranched alkanes of at least 4 members (excludes halogenated alkanes) is 11. The molecule has 1 aromatic carbocycles. The molecule has 0 N–H and O–H groups in total. The van der Waals surface area contributed by atoms with Crippen molar-refractivity contribution < 1.29 is 0 Å². The van der Waals surface area contributed by atoms with Crippen LogP contribution in [0.4, 0.5) is 0 Å². The van der Waals surface area contributed by atoms with E-state index in [9.17, 15) is 0 Å². The molecule has 0 radical (unpaired) electrons. The molecule has 0 aromatic heterocycles. The first kappa shape index (κ1) is 27.0. The molecule has 0 fully saturated rings. The molecule has 1 aromatic rings. The topological polar surface area (TPSA) is 0 Å². The van der Waals surface area contributed by atoms with Gasteiger partial charge in [0.15, 0.2) is 0 Å². The van der Waals surface area contributed by atoms with Gasteiger partial charge >= 0.3 is 0 Å². The van der Waals surface area contributed by atoms with Crippen LogP contribution in [0.25, 0.3) is 0 Å². The van der Waals surface area contributed by atoms with Gasteiger partial charge in [-0.3, -0.25) is 0 Å². The van der Waals surface area contributed by atoms with Gasteiger partial charge in [0.2, 0.25) is 0 Å². The van der Waals surface area contributed by atoms with Gasteiger partial charge in [-0.1, -0.05) is 119 Å². The van der Waals surface area contributed by atoms with Crippen LogP contribution in [0.5, 0.6) is 0 Å². The SMILES string of the molecule is C=CCCCC(CCCCCC=C(Cl)CCCCCCCCCC)c1ccccc1. The van der Waals surface area contributed by atoms with Crippen LogP contribution in [0.2, 0.25) is 0 Å². The summed E-state index contributed by atoms with van der Waals surface area (Å²) in [7, 11) is 0. The Balaban J connectivity index is 2.10. The maximum absolute atomic E-state index is 6.43. The van der Waals surface area contributed by atoms with E-state index in [1.807, 2.05) is 6.08 Å². The van der Waals surface area contributed by atoms with E-state index in [4.69, 9.17) is 11.6 Å². The van der Waals surface area contributed by atoms with Gasteiger partial charge in [-0.05, 0) is 62.8 Å². The summed E-state index contributed by atoms with van der Waals surface area (Å²) in [6.45, 7) is 6.14. The van der Waals surface area contributed by atoms with Gasteiger partial charge in [-0.25, -0.2) is 0 Å². The van der Waals surface area contributed by atoms with Crippen molar-refractivity contribution in [2.75, 3.05) is 0 Å². The highest BCUT2D eigenvalue weighted by atomic mass is 35.5. The van der Waals surface area contributed by atoms with Gasteiger partial charge < -0.3 is 0 Å². The number of hydrogen-bond donors (Lipinski definition) is 0. The first-order valence-electron chi connectivity index (χ1n) is 12.8. The molecule has 0 aliphatic heterocycles. The highest BCUT2D eigenvalue weighted by molar-refractivity contribution is 6.29. The molecule has 1 heteroatoms. The third-order valence-electron chi connectivity index (χ3n) is 6.12. The van der Waals surface area contributed by atoms with Gasteiger partial charge in [0.05, 0.1) is 0 Å². The number of halogens is 1. The summed E-state index contributed by atoms with van der Waals surface area (Å²) in [6, 6.07) is 11.1. The normalized spacial score (nSPS) is 12.8. The lowest BCUT2D eigenvalue weighted by Crippen LogP contribution is -1.99. The highest BCUT2D eigenvalue weighted by Gasteiger charge is 2.10. The lowest BCUT2D eigenvalue weighted by atomic mass is 9.88. The van der Waals surface area contributed by atoms with Gasteiger partial charge in [-0.2, -0.15) is 0 Å². The fraction of sp³-hybridized carbons (Fsp3) is 0.655. The van der Waals surface area contributed by atoms with Gasteiger partial charge in [0, 0.05) is 5.03 Å². The highest BCUT2D eigenvalue weighted by Crippen LogP contribution is 2.28. The average Bonchev–Trinajstić information content (AvgIpc) is 2.77. The van der Waals surface area contributed by atoms with Crippen LogP contribution in [-0.4, -0.2) is 0 Å². The first-order chi connectivity index (χ1) is 14.8. The summed E-state index contributed by atoms with van der Waals surface area (Å²) in [6.07, 6.45) is 26.3. The summed E-state index contributed by atoms with van der Waals surface area (Å²) >= 11 is 6.43. The Morgan fingerprint density at radius 1 is 0.800 bits per heavy atom. The quantitative estimate of drug-likeness (QED) is 0.142. The van der Waals surface area contributed by atoms with Gasteiger partial charge in [-0.15, -0.1) is 6.58 Å². The zero-order valence-electron chi connectivity index (χ0n) is 19.7. The molecule has 1 atom stereocenters. The summed E-state index contributed by atoms with van der Waals surface area (Å²) in [4.78, 5) is 0. The van der Waals surface area contributed by atoms with Crippen LogP contribution >= 0.6 is 11.6 Å². The van der Waals surface area contributed by atoms with Crippen molar-refractivity contribution in [1.82, 2.24) is 0 Å². The van der Waals surface area contributed by atoms with E-state index in [1.54, 1.807) is 0 Å². The molecule has 30 heavy (non-hydrogen) atoms. The smallest absolute Gasteiger partial charge is 0.0141 e. The number of rotatable bonds is 20. The molecule has 0 saturated heterocycles. The minimum atomic E-state index is 0.701. The van der Waals surface area contributed by atoms with Gasteiger partial charge in [0.25, 0.3) is 0 Å². The average molecular weight is 431 g/mol. The molecule has 1 rings (SSSR count). The molecule has 0 saturated carbocycles. The van der Waals surface area contributed by atoms with E-state index in [-0.39, 0.29) is 0 Å². The third kappa shape index (κ3) is 14.9. The predicted octanol–water partition coefficient (Wildman–Crippen LogP) is 10.7. The molecule has 170 valence electrons. The minimum Gasteiger partial charge on any atom is -0.103 e. The van der Waals surface area contributed by atoms with E-state index in [0.717, 1.165) is 24.3 Å². The molecule has 0 spiro atoms. The monoisotopic (exact) mass is 430 g/mol. The maximum atomic E-state index is 6.43. The summed E-state index contributed by atoms with van der Waals surface area (Å²) in [5.74, 6) is 0.701. The van der Waals surface area contributed by atoms with E-state index < -0.39 is 0 Å². The van der Waals surface area contributed by atoms with E-state index >= 15 is 0 Å². The fourth-order valence-electron chi connectivity index (χ4n) is 4.21. The van der Waals surface area contributed by atoms with Crippen molar-refractivity contribution in [2.45, 2.75) is 122 Å². The summed E-state index contributed by atoms with van der Waals surface area (Å²) < 4.78 is 0. The molecule has 0 aliphatic rings. The van der Waals surface area contributed by atoms with Crippen molar-refractivity contribution in [1.29, 1.82) is 0 Å². The summed E-state index contributed by atoms with van der Waals surface area (Å²) in [5, 5.41) is 1.09. The molecule has 1 unspecified atom stereocenters. The van der Waals surface area contributed by atoms with Crippen molar-refractivity contribution in [2.24, 2.45) is 0 Å². The molecule has 0 amide bonds. The Morgan fingerprint density at radius 2 is 1.43 bits per heavy atom. The van der Waals surface area contributed by atoms with E-state index in [1.165, 1.54) is 95.5 Å². The van der Waals surface area contributed by atoms with Crippen molar-refractivity contribution in [3.8, 4) is 0 Å². The molecule has 0 bridgehead atoms. The van der Waals surface area contributed by atoms with Gasteiger partial charge in [0.1, 0.15) is 0 Å². The lowest BCUT2D eigenvalue weighted by Gasteiger charge is -2.17. The van der Waals surface area contributed by atoms with Crippen molar-refractivity contribution >= 4 is 11.6 Å². The second kappa shape index (κ2) is 19.9. The number of hydrogen-bond acceptors (Lipinski definition) is 0.